The molecule has 1 atom stereocenters. The largest absolute Gasteiger partial charge is 0.336 e. The molecule has 5 nitrogen and oxygen atoms in total. The Morgan fingerprint density at radius 3 is 2.52 bits per heavy atom. The van der Waals surface area contributed by atoms with Crippen molar-refractivity contribution in [3.05, 3.63) is 0 Å². The van der Waals surface area contributed by atoms with Crippen LogP contribution in [0.5, 0.6) is 0 Å². The average Bonchev–Trinajstić information content (AvgIpc) is 2.73. The molecule has 0 aromatic heterocycles. The van der Waals surface area contributed by atoms with Gasteiger partial charge in [0.15, 0.2) is 0 Å². The normalized spacial score (nSPS) is 30.1. The number of nitrogens with zero attached hydrogens (tertiary/aromatic N) is 2. The zero-order valence-corrected chi connectivity index (χ0v) is 16.5. The Kier molecular flexibility index (Phi) is 6.09. The number of amides is 1. The van der Waals surface area contributed by atoms with Crippen molar-refractivity contribution >= 4 is 15.7 Å². The molecule has 0 aromatic carbocycles. The fourth-order valence-electron chi connectivity index (χ4n) is 5.17. The number of rotatable bonds is 5. The summed E-state index contributed by atoms with van der Waals surface area (Å²) in [5, 5.41) is 0. The minimum absolute atomic E-state index is 0.0803. The van der Waals surface area contributed by atoms with Gasteiger partial charge in [0.1, 0.15) is 9.84 Å². The third-order valence-corrected chi connectivity index (χ3v) is 7.54. The van der Waals surface area contributed by atoms with Crippen molar-refractivity contribution in [3.8, 4) is 0 Å². The smallest absolute Gasteiger partial charge is 0.223 e. The van der Waals surface area contributed by atoms with Crippen molar-refractivity contribution in [2.75, 3.05) is 38.2 Å². The maximum Gasteiger partial charge on any atom is 0.223 e. The van der Waals surface area contributed by atoms with Crippen LogP contribution in [0, 0.1) is 5.92 Å². The van der Waals surface area contributed by atoms with Gasteiger partial charge in [-0.05, 0) is 51.0 Å². The summed E-state index contributed by atoms with van der Waals surface area (Å²) < 4.78 is 23.1. The fraction of sp³-hybridized carbons (Fsp3) is 0.947. The first kappa shape index (κ1) is 19.2. The van der Waals surface area contributed by atoms with Gasteiger partial charge in [-0.25, -0.2) is 8.42 Å². The van der Waals surface area contributed by atoms with E-state index in [-0.39, 0.29) is 17.2 Å². The van der Waals surface area contributed by atoms with E-state index in [9.17, 15) is 13.2 Å². The molecule has 2 saturated heterocycles. The van der Waals surface area contributed by atoms with Gasteiger partial charge in [-0.3, -0.25) is 4.79 Å². The molecule has 0 N–H and O–H groups in total. The van der Waals surface area contributed by atoms with Gasteiger partial charge in [0.25, 0.3) is 0 Å². The highest BCUT2D eigenvalue weighted by atomic mass is 32.2. The molecule has 1 spiro atoms. The van der Waals surface area contributed by atoms with Gasteiger partial charge in [0.2, 0.25) is 5.91 Å². The first-order valence-electron chi connectivity index (χ1n) is 10.1. The summed E-state index contributed by atoms with van der Waals surface area (Å²) in [6.07, 6.45) is 12.8. The molecule has 2 heterocycles. The minimum Gasteiger partial charge on any atom is -0.336 e. The van der Waals surface area contributed by atoms with Crippen LogP contribution >= 0.6 is 0 Å². The van der Waals surface area contributed by atoms with Crippen LogP contribution in [0.15, 0.2) is 0 Å². The van der Waals surface area contributed by atoms with E-state index in [2.05, 4.69) is 4.90 Å². The van der Waals surface area contributed by atoms with Gasteiger partial charge in [0.05, 0.1) is 5.75 Å². The van der Waals surface area contributed by atoms with Gasteiger partial charge < -0.3 is 9.80 Å². The van der Waals surface area contributed by atoms with Crippen LogP contribution in [0.1, 0.15) is 64.2 Å². The number of sulfone groups is 1. The van der Waals surface area contributed by atoms with E-state index >= 15 is 0 Å². The van der Waals surface area contributed by atoms with E-state index < -0.39 is 9.84 Å². The molecule has 3 rings (SSSR count). The molecule has 3 fully saturated rings. The molecule has 25 heavy (non-hydrogen) atoms. The highest BCUT2D eigenvalue weighted by Crippen LogP contribution is 2.39. The van der Waals surface area contributed by atoms with E-state index in [1.54, 1.807) is 0 Å². The summed E-state index contributed by atoms with van der Waals surface area (Å²) in [7, 11) is -3.03. The molecular weight excluding hydrogens is 336 g/mol. The average molecular weight is 371 g/mol. The number of hydrogen-bond acceptors (Lipinski definition) is 4. The summed E-state index contributed by atoms with van der Waals surface area (Å²) in [6, 6.07) is 0. The quantitative estimate of drug-likeness (QED) is 0.746. The monoisotopic (exact) mass is 370 g/mol. The SMILES string of the molecule is CS(=O)(=O)CCN1C(=O)CCC12CCCN(CC1CCCCC1)CC2. The van der Waals surface area contributed by atoms with E-state index in [0.717, 1.165) is 44.7 Å². The molecule has 3 aliphatic rings. The maximum atomic E-state index is 12.4. The van der Waals surface area contributed by atoms with Gasteiger partial charge in [0, 0.05) is 37.8 Å². The Morgan fingerprint density at radius 2 is 1.80 bits per heavy atom. The van der Waals surface area contributed by atoms with E-state index in [1.165, 1.54) is 44.9 Å². The second-order valence-electron chi connectivity index (χ2n) is 8.56. The molecule has 0 bridgehead atoms. The zero-order valence-electron chi connectivity index (χ0n) is 15.7. The standard InChI is InChI=1S/C19H34N2O3S/c1-25(23,24)15-14-21-18(22)8-10-19(21)9-5-12-20(13-11-19)16-17-6-3-2-4-7-17/h17H,2-16H2,1H3. The van der Waals surface area contributed by atoms with Crippen molar-refractivity contribution in [1.29, 1.82) is 0 Å². The van der Waals surface area contributed by atoms with Crippen LogP contribution in [-0.4, -0.2) is 67.9 Å². The Bertz CT molecular complexity index is 571. The van der Waals surface area contributed by atoms with Gasteiger partial charge in [-0.2, -0.15) is 0 Å². The second-order valence-corrected chi connectivity index (χ2v) is 10.8. The third kappa shape index (κ3) is 4.97. The molecule has 1 amide bonds. The molecule has 6 heteroatoms. The lowest BCUT2D eigenvalue weighted by atomic mass is 9.87. The lowest BCUT2D eigenvalue weighted by Crippen LogP contribution is -2.48. The van der Waals surface area contributed by atoms with Crippen molar-refractivity contribution < 1.29 is 13.2 Å². The highest BCUT2D eigenvalue weighted by molar-refractivity contribution is 7.90. The zero-order chi connectivity index (χ0) is 17.9. The Hall–Kier alpha value is -0.620. The number of carbonyl (C=O) groups is 1. The molecule has 0 radical (unpaired) electrons. The van der Waals surface area contributed by atoms with Crippen LogP contribution < -0.4 is 0 Å². The van der Waals surface area contributed by atoms with Crippen LogP contribution in [0.3, 0.4) is 0 Å². The molecule has 2 aliphatic heterocycles. The molecule has 1 unspecified atom stereocenters. The Morgan fingerprint density at radius 1 is 1.04 bits per heavy atom. The molecule has 1 aliphatic carbocycles. The van der Waals surface area contributed by atoms with Crippen molar-refractivity contribution in [1.82, 2.24) is 9.80 Å². The lowest BCUT2D eigenvalue weighted by molar-refractivity contribution is -0.131. The summed E-state index contributed by atoms with van der Waals surface area (Å²) in [6.45, 7) is 3.78. The van der Waals surface area contributed by atoms with E-state index in [0.29, 0.717) is 13.0 Å². The van der Waals surface area contributed by atoms with Crippen LogP contribution in [0.4, 0.5) is 0 Å². The second kappa shape index (κ2) is 7.95. The third-order valence-electron chi connectivity index (χ3n) is 6.61. The van der Waals surface area contributed by atoms with Crippen LogP contribution in [0.25, 0.3) is 0 Å². The fourth-order valence-corrected chi connectivity index (χ4v) is 5.68. The van der Waals surface area contributed by atoms with Crippen molar-refractivity contribution in [3.63, 3.8) is 0 Å². The van der Waals surface area contributed by atoms with Crippen LogP contribution in [0.2, 0.25) is 0 Å². The predicted molar refractivity (Wildman–Crippen MR) is 100 cm³/mol. The number of likely N-dealkylation sites (tertiary alicyclic amines) is 2. The number of carbonyl (C=O) groups excluding carboxylic acids is 1. The Labute approximate surface area is 153 Å². The first-order chi connectivity index (χ1) is 11.9. The summed E-state index contributed by atoms with van der Waals surface area (Å²) in [4.78, 5) is 16.9. The van der Waals surface area contributed by atoms with Gasteiger partial charge in [-0.1, -0.05) is 19.3 Å². The first-order valence-corrected chi connectivity index (χ1v) is 12.1. The van der Waals surface area contributed by atoms with E-state index in [4.69, 9.17) is 0 Å². The Balaban J connectivity index is 1.60. The molecular formula is C19H34N2O3S. The molecule has 144 valence electrons. The summed E-state index contributed by atoms with van der Waals surface area (Å²) >= 11 is 0. The van der Waals surface area contributed by atoms with Gasteiger partial charge >= 0.3 is 0 Å². The van der Waals surface area contributed by atoms with Crippen molar-refractivity contribution in [2.24, 2.45) is 5.92 Å². The van der Waals surface area contributed by atoms with Crippen molar-refractivity contribution in [2.45, 2.75) is 69.7 Å². The predicted octanol–water partition coefficient (Wildman–Crippen LogP) is 2.46. The highest BCUT2D eigenvalue weighted by Gasteiger charge is 2.45. The minimum atomic E-state index is -3.03. The lowest BCUT2D eigenvalue weighted by Gasteiger charge is -2.38. The number of hydrogen-bond donors (Lipinski definition) is 0. The maximum absolute atomic E-state index is 12.4. The van der Waals surface area contributed by atoms with E-state index in [1.807, 2.05) is 4.90 Å². The summed E-state index contributed by atoms with van der Waals surface area (Å²) in [5.74, 6) is 1.10. The van der Waals surface area contributed by atoms with Gasteiger partial charge in [-0.15, -0.1) is 0 Å². The molecule has 1 saturated carbocycles. The topological polar surface area (TPSA) is 57.7 Å². The molecule has 0 aromatic rings. The summed E-state index contributed by atoms with van der Waals surface area (Å²) in [5.41, 5.74) is -0.0803. The van der Waals surface area contributed by atoms with Crippen LogP contribution in [-0.2, 0) is 14.6 Å².